The minimum Gasteiger partial charge on any atom is -0.493 e. The number of aromatic nitrogens is 2. The van der Waals surface area contributed by atoms with Gasteiger partial charge in [-0.05, 0) is 74.5 Å². The highest BCUT2D eigenvalue weighted by atomic mass is 79.9. The fourth-order valence-electron chi connectivity index (χ4n) is 3.79. The number of benzene rings is 2. The summed E-state index contributed by atoms with van der Waals surface area (Å²) in [4.78, 5) is 32.1. The Morgan fingerprint density at radius 1 is 1.02 bits per heavy atom. The number of nitrogens with two attached hydrogens (primary N) is 1. The molecule has 0 saturated carbocycles. The molecule has 5 rings (SSSR count). The lowest BCUT2D eigenvalue weighted by Gasteiger charge is -2.09. The molecule has 0 saturated heterocycles. The van der Waals surface area contributed by atoms with Gasteiger partial charge in [-0.2, -0.15) is 5.26 Å². The monoisotopic (exact) mass is 712 g/mol. The summed E-state index contributed by atoms with van der Waals surface area (Å²) < 4.78 is 37.5. The largest absolute Gasteiger partial charge is 0.493 e. The second-order valence-corrected chi connectivity index (χ2v) is 10.7. The van der Waals surface area contributed by atoms with Crippen LogP contribution in [0, 0.1) is 27.6 Å². The van der Waals surface area contributed by atoms with Gasteiger partial charge in [0, 0.05) is 17.8 Å². The van der Waals surface area contributed by atoms with E-state index in [0.717, 1.165) is 5.39 Å². The van der Waals surface area contributed by atoms with E-state index in [4.69, 9.17) is 32.7 Å². The maximum atomic E-state index is 13.5. The molecule has 0 fully saturated rings. The topological polar surface area (TPSA) is 131 Å². The van der Waals surface area contributed by atoms with Gasteiger partial charge in [0.15, 0.2) is 5.78 Å². The Kier molecular flexibility index (Phi) is 13.3. The molecule has 0 spiro atoms. The second-order valence-electron chi connectivity index (χ2n) is 8.76. The molecular formula is C32H27BrF2N4O4S2. The minimum atomic E-state index is -0.496. The zero-order valence-electron chi connectivity index (χ0n) is 24.1. The van der Waals surface area contributed by atoms with Gasteiger partial charge in [-0.3, -0.25) is 9.59 Å². The number of halogens is 3. The number of pyridine rings is 2. The number of ether oxygens (including phenoxy) is 2. The van der Waals surface area contributed by atoms with Crippen molar-refractivity contribution in [2.24, 2.45) is 0 Å². The number of rotatable bonds is 8. The van der Waals surface area contributed by atoms with Crippen LogP contribution in [0.3, 0.4) is 0 Å². The summed E-state index contributed by atoms with van der Waals surface area (Å²) in [6, 6.07) is 16.8. The van der Waals surface area contributed by atoms with Gasteiger partial charge in [-0.25, -0.2) is 13.8 Å². The van der Waals surface area contributed by atoms with Crippen LogP contribution >= 0.6 is 39.5 Å². The number of alkyl halides is 1. The highest BCUT2D eigenvalue weighted by molar-refractivity contribution is 9.09. The molecule has 45 heavy (non-hydrogen) atoms. The first kappa shape index (κ1) is 35.0. The molecule has 3 aromatic heterocycles. The average molecular weight is 714 g/mol. The predicted molar refractivity (Wildman–Crippen MR) is 177 cm³/mol. The number of nitriles is 1. The molecule has 0 aliphatic carbocycles. The normalized spacial score (nSPS) is 10.0. The lowest BCUT2D eigenvalue weighted by molar-refractivity contribution is 0.101. The molecule has 232 valence electrons. The Bertz CT molecular complexity index is 1910. The van der Waals surface area contributed by atoms with Crippen molar-refractivity contribution < 1.29 is 27.8 Å². The summed E-state index contributed by atoms with van der Waals surface area (Å²) in [5.41, 5.74) is 7.39. The molecule has 13 heteroatoms. The van der Waals surface area contributed by atoms with Crippen LogP contribution in [-0.2, 0) is 0 Å². The number of fused-ring (bicyclic) bond motifs is 1. The fourth-order valence-corrected chi connectivity index (χ4v) is 5.29. The van der Waals surface area contributed by atoms with E-state index in [1.54, 1.807) is 43.6 Å². The highest BCUT2D eigenvalue weighted by Gasteiger charge is 2.22. The van der Waals surface area contributed by atoms with E-state index in [9.17, 15) is 18.4 Å². The van der Waals surface area contributed by atoms with E-state index >= 15 is 0 Å². The third-order valence-electron chi connectivity index (χ3n) is 5.80. The van der Waals surface area contributed by atoms with Crippen LogP contribution in [0.4, 0.5) is 14.5 Å². The molecule has 0 unspecified atom stereocenters. The van der Waals surface area contributed by atoms with Gasteiger partial charge >= 0.3 is 0 Å². The number of hydrogen-bond acceptors (Lipinski definition) is 9. The van der Waals surface area contributed by atoms with Crippen LogP contribution in [0.5, 0.6) is 11.5 Å². The molecule has 0 bridgehead atoms. The van der Waals surface area contributed by atoms with Gasteiger partial charge in [0.1, 0.15) is 43.6 Å². The summed E-state index contributed by atoms with van der Waals surface area (Å²) in [5.74, 6) is -0.698. The Hall–Kier alpha value is -4.51. The van der Waals surface area contributed by atoms with Gasteiger partial charge in [-0.15, -0.1) is 11.3 Å². The van der Waals surface area contributed by atoms with Crippen molar-refractivity contribution in [3.05, 3.63) is 111 Å². The number of ketones is 2. The number of Topliss-reactive ketones (excluding diaryl/α,β-unsaturated/α-hetero) is 1. The Labute approximate surface area is 275 Å². The Morgan fingerprint density at radius 3 is 2.18 bits per heavy atom. The average Bonchev–Trinajstić information content (AvgIpc) is 3.39. The van der Waals surface area contributed by atoms with Gasteiger partial charge < -0.3 is 20.2 Å². The second kappa shape index (κ2) is 17.1. The zero-order chi connectivity index (χ0) is 32.9. The van der Waals surface area contributed by atoms with Gasteiger partial charge in [0.25, 0.3) is 0 Å². The number of carbonyl (C=O) groups is 2. The number of nitrogens with zero attached hydrogens (tertiary/aromatic N) is 2. The number of H-pyrrole nitrogens is 1. The summed E-state index contributed by atoms with van der Waals surface area (Å²) in [6.45, 7) is 4.45. The van der Waals surface area contributed by atoms with Crippen LogP contribution in [-0.4, -0.2) is 40.1 Å². The molecule has 0 radical (unpaired) electrons. The van der Waals surface area contributed by atoms with Crippen molar-refractivity contribution in [1.29, 1.82) is 5.26 Å². The van der Waals surface area contributed by atoms with E-state index in [2.05, 4.69) is 25.9 Å². The van der Waals surface area contributed by atoms with Crippen molar-refractivity contribution in [2.45, 2.75) is 13.8 Å². The molecule has 3 N–H and O–H groups in total. The lowest BCUT2D eigenvalue weighted by Crippen LogP contribution is -2.06. The maximum absolute atomic E-state index is 13.5. The fraction of sp³-hybridized carbons (Fsp3) is 0.156. The van der Waals surface area contributed by atoms with E-state index < -0.39 is 11.6 Å². The molecule has 8 nitrogen and oxygen atoms in total. The smallest absolute Gasteiger partial charge is 0.208 e. The number of hydrogen-bond donors (Lipinski definition) is 2. The van der Waals surface area contributed by atoms with Crippen molar-refractivity contribution >= 4 is 67.0 Å². The first-order valence-corrected chi connectivity index (χ1v) is 15.7. The molecule has 0 aliphatic rings. The maximum Gasteiger partial charge on any atom is 0.208 e. The van der Waals surface area contributed by atoms with Crippen LogP contribution < -0.4 is 15.2 Å². The van der Waals surface area contributed by atoms with Gasteiger partial charge in [0.2, 0.25) is 5.78 Å². The summed E-state index contributed by atoms with van der Waals surface area (Å²) in [5, 5.41) is 9.27. The Balaban J connectivity index is 0.000000205. The third kappa shape index (κ3) is 9.24. The first-order valence-electron chi connectivity index (χ1n) is 13.3. The molecular weight excluding hydrogens is 686 g/mol. The molecule has 0 amide bonds. The summed E-state index contributed by atoms with van der Waals surface area (Å²) in [6.07, 6.45) is 3.34. The lowest BCUT2D eigenvalue weighted by atomic mass is 10.1. The van der Waals surface area contributed by atoms with E-state index in [1.807, 2.05) is 13.0 Å². The number of nitrogens with one attached hydrogen (secondary N) is 1. The SMILES string of the molecule is CCOc1ccc(F)cc1C(=O)CBr.CCOc1ccc(F)cc1C(=O)c1sc2ncccc2c1N.N#Cc1ccc[nH]c1=S. The van der Waals surface area contributed by atoms with Crippen molar-refractivity contribution in [1.82, 2.24) is 9.97 Å². The van der Waals surface area contributed by atoms with Crippen LogP contribution in [0.1, 0.15) is 45.0 Å². The standard InChI is InChI=1S/C16H13FN2O2S.C10H10BrFO2.C6H4N2S/c1-2-21-12-6-5-9(17)8-11(12)14(20)15-13(18)10-4-3-7-19-16(10)22-15;1-2-14-10-4-3-7(12)5-8(10)9(13)6-11;7-4-5-2-1-3-8-6(5)9/h3-8H,2,18H2,1H3;3-5H,2,6H2,1H3;1-3H,(H,8,9). The third-order valence-corrected chi connectivity index (χ3v) is 7.77. The molecule has 3 heterocycles. The van der Waals surface area contributed by atoms with Crippen molar-refractivity contribution in [2.75, 3.05) is 24.3 Å². The summed E-state index contributed by atoms with van der Waals surface area (Å²) >= 11 is 9.00. The highest BCUT2D eigenvalue weighted by Crippen LogP contribution is 2.35. The molecule has 2 aromatic carbocycles. The van der Waals surface area contributed by atoms with Crippen molar-refractivity contribution in [3.63, 3.8) is 0 Å². The first-order chi connectivity index (χ1) is 21.6. The minimum absolute atomic E-state index is 0.163. The van der Waals surface area contributed by atoms with E-state index in [0.29, 0.717) is 50.3 Å². The van der Waals surface area contributed by atoms with E-state index in [-0.39, 0.29) is 28.0 Å². The van der Waals surface area contributed by atoms with Crippen LogP contribution in [0.15, 0.2) is 73.1 Å². The van der Waals surface area contributed by atoms with Gasteiger partial charge in [-0.1, -0.05) is 28.1 Å². The number of aromatic amines is 1. The number of carbonyl (C=O) groups excluding carboxylic acids is 2. The van der Waals surface area contributed by atoms with Crippen molar-refractivity contribution in [3.8, 4) is 17.6 Å². The molecule has 0 aliphatic heterocycles. The number of anilines is 1. The van der Waals surface area contributed by atoms with Crippen LogP contribution in [0.25, 0.3) is 10.2 Å². The molecule has 0 atom stereocenters. The number of nitrogen functional groups attached to an aromatic ring is 1. The predicted octanol–water partition coefficient (Wildman–Crippen LogP) is 8.07. The molecule has 5 aromatic rings. The zero-order valence-corrected chi connectivity index (χ0v) is 27.3. The summed E-state index contributed by atoms with van der Waals surface area (Å²) in [7, 11) is 0. The van der Waals surface area contributed by atoms with Gasteiger partial charge in [0.05, 0.1) is 40.9 Å². The van der Waals surface area contributed by atoms with E-state index in [1.165, 1.54) is 47.7 Å². The van der Waals surface area contributed by atoms with Crippen LogP contribution in [0.2, 0.25) is 0 Å². The Morgan fingerprint density at radius 2 is 1.64 bits per heavy atom. The quantitative estimate of drug-likeness (QED) is 0.0938. The number of thiophene rings is 1.